The van der Waals surface area contributed by atoms with Crippen molar-refractivity contribution in [2.75, 3.05) is 12.0 Å². The Hall–Kier alpha value is -1.49. The molecule has 0 saturated carbocycles. The molecule has 4 nitrogen and oxygen atoms in total. The van der Waals surface area contributed by atoms with E-state index in [4.69, 9.17) is 0 Å². The molecule has 0 saturated heterocycles. The molecule has 0 aliphatic rings. The van der Waals surface area contributed by atoms with Crippen molar-refractivity contribution in [1.29, 1.82) is 0 Å². The zero-order chi connectivity index (χ0) is 11.6. The number of benzene rings is 1. The molecule has 5 heteroatoms. The molecule has 0 aliphatic carbocycles. The van der Waals surface area contributed by atoms with Crippen molar-refractivity contribution in [1.82, 2.24) is 9.97 Å². The van der Waals surface area contributed by atoms with Gasteiger partial charge in [-0.15, -0.1) is 0 Å². The van der Waals surface area contributed by atoms with Crippen LogP contribution < -0.4 is 0 Å². The van der Waals surface area contributed by atoms with E-state index in [2.05, 4.69) is 9.97 Å². The highest BCUT2D eigenvalue weighted by atomic mass is 32.2. The summed E-state index contributed by atoms with van der Waals surface area (Å²) in [5, 5.41) is 0. The molecule has 0 bridgehead atoms. The lowest BCUT2D eigenvalue weighted by atomic mass is 10.3. The van der Waals surface area contributed by atoms with Crippen LogP contribution >= 0.6 is 0 Å². The summed E-state index contributed by atoms with van der Waals surface area (Å²) in [7, 11) is -2.94. The lowest BCUT2D eigenvalue weighted by Crippen LogP contribution is -2.07. The lowest BCUT2D eigenvalue weighted by Gasteiger charge is -2.01. The monoisotopic (exact) mass is 236 g/mol. The Labute approximate surface area is 94.3 Å². The number of rotatable bonds is 3. The molecule has 0 amide bonds. The van der Waals surface area contributed by atoms with Crippen LogP contribution in [0.1, 0.15) is 5.69 Å². The number of para-hydroxylation sites is 2. The molecule has 1 aromatic carbocycles. The topological polar surface area (TPSA) is 59.9 Å². The Bertz CT molecular complexity index is 608. The van der Waals surface area contributed by atoms with Crippen molar-refractivity contribution in [2.45, 2.75) is 6.42 Å². The normalized spacial score (nSPS) is 11.8. The summed E-state index contributed by atoms with van der Waals surface area (Å²) >= 11 is 0. The van der Waals surface area contributed by atoms with Crippen LogP contribution in [0.3, 0.4) is 0 Å². The van der Waals surface area contributed by atoms with E-state index in [1.165, 1.54) is 6.26 Å². The molecular formula is C11H12N2O2S. The minimum absolute atomic E-state index is 0.111. The molecule has 0 aliphatic heterocycles. The molecule has 2 rings (SSSR count). The molecule has 0 fully saturated rings. The van der Waals surface area contributed by atoms with E-state index in [0.29, 0.717) is 12.1 Å². The van der Waals surface area contributed by atoms with Gasteiger partial charge in [0, 0.05) is 18.9 Å². The molecule has 0 atom stereocenters. The Morgan fingerprint density at radius 2 is 1.88 bits per heavy atom. The Balaban J connectivity index is 2.26. The van der Waals surface area contributed by atoms with Gasteiger partial charge in [-0.05, 0) is 12.1 Å². The van der Waals surface area contributed by atoms with E-state index in [9.17, 15) is 8.42 Å². The summed E-state index contributed by atoms with van der Waals surface area (Å²) in [6.45, 7) is 0. The molecule has 0 spiro atoms. The van der Waals surface area contributed by atoms with Crippen LogP contribution in [-0.4, -0.2) is 30.4 Å². The molecule has 0 unspecified atom stereocenters. The van der Waals surface area contributed by atoms with E-state index in [1.54, 1.807) is 6.20 Å². The first-order chi connectivity index (χ1) is 7.54. The smallest absolute Gasteiger partial charge is 0.147 e. The van der Waals surface area contributed by atoms with Crippen LogP contribution in [0.4, 0.5) is 0 Å². The van der Waals surface area contributed by atoms with Crippen molar-refractivity contribution >= 4 is 20.9 Å². The fourth-order valence-electron chi connectivity index (χ4n) is 1.41. The van der Waals surface area contributed by atoms with Crippen molar-refractivity contribution in [2.24, 2.45) is 0 Å². The van der Waals surface area contributed by atoms with E-state index >= 15 is 0 Å². The van der Waals surface area contributed by atoms with Crippen molar-refractivity contribution in [3.63, 3.8) is 0 Å². The first kappa shape index (κ1) is 11.0. The van der Waals surface area contributed by atoms with Crippen LogP contribution in [0, 0.1) is 0 Å². The minimum atomic E-state index is -2.94. The van der Waals surface area contributed by atoms with Crippen molar-refractivity contribution < 1.29 is 8.42 Å². The zero-order valence-electron chi connectivity index (χ0n) is 8.92. The summed E-state index contributed by atoms with van der Waals surface area (Å²) in [5.74, 6) is 0.111. The third-order valence-electron chi connectivity index (χ3n) is 2.23. The van der Waals surface area contributed by atoms with Gasteiger partial charge in [0.05, 0.1) is 22.5 Å². The zero-order valence-corrected chi connectivity index (χ0v) is 9.74. The molecule has 1 aromatic heterocycles. The number of aryl methyl sites for hydroxylation is 1. The third-order valence-corrected chi connectivity index (χ3v) is 3.17. The number of hydrogen-bond acceptors (Lipinski definition) is 4. The predicted molar refractivity (Wildman–Crippen MR) is 63.0 cm³/mol. The van der Waals surface area contributed by atoms with Gasteiger partial charge in [-0.1, -0.05) is 12.1 Å². The number of fused-ring (bicyclic) bond motifs is 1. The first-order valence-corrected chi connectivity index (χ1v) is 6.99. The number of sulfone groups is 1. The largest absolute Gasteiger partial charge is 0.253 e. The van der Waals surface area contributed by atoms with Gasteiger partial charge in [-0.25, -0.2) is 13.4 Å². The maximum Gasteiger partial charge on any atom is 0.147 e. The Morgan fingerprint density at radius 3 is 2.56 bits per heavy atom. The van der Waals surface area contributed by atoms with Gasteiger partial charge in [0.15, 0.2) is 0 Å². The van der Waals surface area contributed by atoms with Crippen LogP contribution in [0.15, 0.2) is 30.5 Å². The van der Waals surface area contributed by atoms with Gasteiger partial charge in [0.2, 0.25) is 0 Å². The highest BCUT2D eigenvalue weighted by molar-refractivity contribution is 7.90. The molecule has 84 valence electrons. The highest BCUT2D eigenvalue weighted by Gasteiger charge is 2.05. The number of nitrogens with zero attached hydrogens (tertiary/aromatic N) is 2. The van der Waals surface area contributed by atoms with Crippen LogP contribution in [-0.2, 0) is 16.3 Å². The van der Waals surface area contributed by atoms with Gasteiger partial charge < -0.3 is 0 Å². The van der Waals surface area contributed by atoms with E-state index < -0.39 is 9.84 Å². The fourth-order valence-corrected chi connectivity index (χ4v) is 1.99. The SMILES string of the molecule is CS(=O)(=O)CCc1cnc2ccccc2n1. The van der Waals surface area contributed by atoms with Gasteiger partial charge in [-0.3, -0.25) is 4.98 Å². The van der Waals surface area contributed by atoms with E-state index in [1.807, 2.05) is 24.3 Å². The standard InChI is InChI=1S/C11H12N2O2S/c1-16(14,15)7-6-9-8-12-10-4-2-3-5-11(10)13-9/h2-5,8H,6-7H2,1H3. The molecule has 0 N–H and O–H groups in total. The number of aromatic nitrogens is 2. The summed E-state index contributed by atoms with van der Waals surface area (Å²) in [5.41, 5.74) is 2.34. The lowest BCUT2D eigenvalue weighted by molar-refractivity contribution is 0.601. The molecule has 16 heavy (non-hydrogen) atoms. The first-order valence-electron chi connectivity index (χ1n) is 4.93. The summed E-state index contributed by atoms with van der Waals surface area (Å²) in [6, 6.07) is 7.53. The van der Waals surface area contributed by atoms with Gasteiger partial charge >= 0.3 is 0 Å². The minimum Gasteiger partial charge on any atom is -0.253 e. The molecule has 2 aromatic rings. The van der Waals surface area contributed by atoms with Crippen molar-refractivity contribution in [3.8, 4) is 0 Å². The predicted octanol–water partition coefficient (Wildman–Crippen LogP) is 1.22. The number of hydrogen-bond donors (Lipinski definition) is 0. The highest BCUT2D eigenvalue weighted by Crippen LogP contribution is 2.08. The van der Waals surface area contributed by atoms with Crippen LogP contribution in [0.2, 0.25) is 0 Å². The van der Waals surface area contributed by atoms with Gasteiger partial charge in [0.1, 0.15) is 9.84 Å². The van der Waals surface area contributed by atoms with Gasteiger partial charge in [0.25, 0.3) is 0 Å². The Morgan fingerprint density at radius 1 is 1.19 bits per heavy atom. The van der Waals surface area contributed by atoms with E-state index in [0.717, 1.165) is 11.0 Å². The summed E-state index contributed by atoms with van der Waals surface area (Å²) in [6.07, 6.45) is 3.27. The second-order valence-corrected chi connectivity index (χ2v) is 5.99. The van der Waals surface area contributed by atoms with Gasteiger partial charge in [-0.2, -0.15) is 0 Å². The Kier molecular flexibility index (Phi) is 2.87. The maximum atomic E-state index is 11.0. The summed E-state index contributed by atoms with van der Waals surface area (Å²) in [4.78, 5) is 8.58. The van der Waals surface area contributed by atoms with E-state index in [-0.39, 0.29) is 5.75 Å². The van der Waals surface area contributed by atoms with Crippen LogP contribution in [0.5, 0.6) is 0 Å². The average molecular weight is 236 g/mol. The quantitative estimate of drug-likeness (QED) is 0.804. The molecule has 0 radical (unpaired) electrons. The second kappa shape index (κ2) is 4.17. The molecular weight excluding hydrogens is 224 g/mol. The molecule has 1 heterocycles. The van der Waals surface area contributed by atoms with Crippen LogP contribution in [0.25, 0.3) is 11.0 Å². The summed E-state index contributed by atoms with van der Waals surface area (Å²) < 4.78 is 22.0. The van der Waals surface area contributed by atoms with Crippen molar-refractivity contribution in [3.05, 3.63) is 36.2 Å². The maximum absolute atomic E-state index is 11.0. The third kappa shape index (κ3) is 2.76. The fraction of sp³-hybridized carbons (Fsp3) is 0.273. The average Bonchev–Trinajstić information content (AvgIpc) is 2.25. The second-order valence-electron chi connectivity index (χ2n) is 3.73.